The smallest absolute Gasteiger partial charge is 0.306 e. The highest BCUT2D eigenvalue weighted by atomic mass is 32.1. The molecule has 0 bridgehead atoms. The summed E-state index contributed by atoms with van der Waals surface area (Å²) in [6.45, 7) is 4.83. The van der Waals surface area contributed by atoms with Gasteiger partial charge in [0.05, 0.1) is 36.8 Å². The van der Waals surface area contributed by atoms with Gasteiger partial charge in [0.25, 0.3) is 12.1 Å². The van der Waals surface area contributed by atoms with Crippen molar-refractivity contribution in [1.29, 1.82) is 0 Å². The molecule has 0 aliphatic carbocycles. The van der Waals surface area contributed by atoms with E-state index in [0.717, 1.165) is 35.2 Å². The Balaban J connectivity index is 1.50. The summed E-state index contributed by atoms with van der Waals surface area (Å²) >= 11 is 1.29. The number of rotatable bonds is 6. The molecular formula is C18H23N6O3S+. The first-order valence-corrected chi connectivity index (χ1v) is 10.2. The monoisotopic (exact) mass is 403 g/mol. The molecule has 10 heteroatoms. The Morgan fingerprint density at radius 3 is 3.00 bits per heavy atom. The number of aryl methyl sites for hydroxylation is 1. The van der Waals surface area contributed by atoms with Gasteiger partial charge < -0.3 is 10.5 Å². The second-order valence-corrected chi connectivity index (χ2v) is 7.61. The van der Waals surface area contributed by atoms with Gasteiger partial charge in [0, 0.05) is 11.1 Å². The summed E-state index contributed by atoms with van der Waals surface area (Å²) in [6.07, 6.45) is 4.75. The van der Waals surface area contributed by atoms with Crippen LogP contribution in [-0.4, -0.2) is 42.5 Å². The molecule has 3 aromatic heterocycles. The SMILES string of the molecule is CCCCc1ccc2c(N)c(C(=O)Nc3c[n+](N4CCOCC4)no3)sc2n1. The van der Waals surface area contributed by atoms with E-state index in [1.165, 1.54) is 11.3 Å². The summed E-state index contributed by atoms with van der Waals surface area (Å²) in [6, 6.07) is 3.92. The molecule has 28 heavy (non-hydrogen) atoms. The highest BCUT2D eigenvalue weighted by Gasteiger charge is 2.25. The van der Waals surface area contributed by atoms with E-state index in [4.69, 9.17) is 15.0 Å². The molecule has 148 valence electrons. The van der Waals surface area contributed by atoms with Gasteiger partial charge in [-0.2, -0.15) is 0 Å². The summed E-state index contributed by atoms with van der Waals surface area (Å²) in [5.41, 5.74) is 7.66. The molecule has 1 saturated heterocycles. The van der Waals surface area contributed by atoms with E-state index in [2.05, 4.69) is 22.5 Å². The summed E-state index contributed by atoms with van der Waals surface area (Å²) in [5, 5.41) is 9.45. The van der Waals surface area contributed by atoms with Crippen molar-refractivity contribution in [2.45, 2.75) is 26.2 Å². The molecule has 3 N–H and O–H groups in total. The van der Waals surface area contributed by atoms with Crippen molar-refractivity contribution in [3.8, 4) is 0 Å². The number of unbranched alkanes of at least 4 members (excludes halogenated alkanes) is 1. The molecule has 1 amide bonds. The number of hydrogen-bond acceptors (Lipinski definition) is 8. The van der Waals surface area contributed by atoms with Crippen molar-refractivity contribution in [2.24, 2.45) is 0 Å². The second kappa shape index (κ2) is 8.11. The highest BCUT2D eigenvalue weighted by Crippen LogP contribution is 2.33. The average Bonchev–Trinajstić information content (AvgIpc) is 3.31. The first kappa shape index (κ1) is 18.6. The third-order valence-corrected chi connectivity index (χ3v) is 5.73. The van der Waals surface area contributed by atoms with E-state index >= 15 is 0 Å². The van der Waals surface area contributed by atoms with E-state index in [1.807, 2.05) is 17.1 Å². The van der Waals surface area contributed by atoms with Crippen LogP contribution in [0.15, 0.2) is 22.9 Å². The third-order valence-electron chi connectivity index (χ3n) is 4.61. The number of amides is 1. The minimum atomic E-state index is -0.333. The van der Waals surface area contributed by atoms with Gasteiger partial charge in [0.15, 0.2) is 0 Å². The standard InChI is InChI=1S/C18H22N6O3S/c1-2-3-4-12-5-6-13-15(19)16(28-18(13)20-12)17(25)21-14-11-24(22-27-14)23-7-9-26-10-8-23/h5-6,11H,2-4,7-10H2,1H3,(H2-,19,21,22,25)/p+1. The largest absolute Gasteiger partial charge is 0.397 e. The zero-order valence-corrected chi connectivity index (χ0v) is 16.5. The van der Waals surface area contributed by atoms with Crippen LogP contribution in [-0.2, 0) is 11.2 Å². The number of aromatic nitrogens is 3. The summed E-state index contributed by atoms with van der Waals surface area (Å²) in [5.74, 6) is -0.0779. The number of nitrogens with two attached hydrogens (primary N) is 1. The molecule has 1 fully saturated rings. The van der Waals surface area contributed by atoms with Gasteiger partial charge in [-0.1, -0.05) is 13.3 Å². The number of anilines is 2. The van der Waals surface area contributed by atoms with Gasteiger partial charge in [-0.3, -0.25) is 14.6 Å². The van der Waals surface area contributed by atoms with Gasteiger partial charge in [-0.25, -0.2) is 4.98 Å². The molecule has 0 spiro atoms. The van der Waals surface area contributed by atoms with Crippen LogP contribution in [0.25, 0.3) is 10.2 Å². The van der Waals surface area contributed by atoms with E-state index in [9.17, 15) is 4.79 Å². The number of carbonyl (C=O) groups is 1. The number of nitrogen functional groups attached to an aromatic ring is 1. The maximum absolute atomic E-state index is 12.7. The molecule has 0 saturated carbocycles. The lowest BCUT2D eigenvalue weighted by Crippen LogP contribution is -2.62. The number of hydrogen-bond donors (Lipinski definition) is 2. The van der Waals surface area contributed by atoms with Crippen molar-refractivity contribution in [3.05, 3.63) is 28.9 Å². The normalized spacial score (nSPS) is 14.5. The fourth-order valence-electron chi connectivity index (χ4n) is 3.05. The highest BCUT2D eigenvalue weighted by molar-refractivity contribution is 7.21. The first-order valence-electron chi connectivity index (χ1n) is 9.36. The number of morpholine rings is 1. The Labute approximate surface area is 166 Å². The second-order valence-electron chi connectivity index (χ2n) is 6.61. The molecule has 0 atom stereocenters. The number of nitrogens with zero attached hydrogens (tertiary/aromatic N) is 4. The molecule has 9 nitrogen and oxygen atoms in total. The van der Waals surface area contributed by atoms with E-state index in [0.29, 0.717) is 36.9 Å². The van der Waals surface area contributed by atoms with Crippen LogP contribution in [0.2, 0.25) is 0 Å². The molecule has 1 aliphatic heterocycles. The Morgan fingerprint density at radius 1 is 1.39 bits per heavy atom. The quantitative estimate of drug-likeness (QED) is 0.603. The summed E-state index contributed by atoms with van der Waals surface area (Å²) < 4.78 is 10.6. The lowest BCUT2D eigenvalue weighted by molar-refractivity contribution is -0.759. The lowest BCUT2D eigenvalue weighted by Gasteiger charge is -2.18. The fourth-order valence-corrected chi connectivity index (χ4v) is 4.06. The van der Waals surface area contributed by atoms with Crippen molar-refractivity contribution in [3.63, 3.8) is 0 Å². The topological polar surface area (TPSA) is 110 Å². The minimum Gasteiger partial charge on any atom is -0.397 e. The van der Waals surface area contributed by atoms with Gasteiger partial charge in [-0.15, -0.1) is 16.3 Å². The molecule has 4 rings (SSSR count). The number of carbonyl (C=O) groups excluding carboxylic acids is 1. The Morgan fingerprint density at radius 2 is 2.21 bits per heavy atom. The van der Waals surface area contributed by atoms with Gasteiger partial charge in [0.1, 0.15) is 9.71 Å². The van der Waals surface area contributed by atoms with E-state index < -0.39 is 0 Å². The van der Waals surface area contributed by atoms with Crippen LogP contribution < -0.4 is 20.9 Å². The fraction of sp³-hybridized carbons (Fsp3) is 0.444. The maximum atomic E-state index is 12.7. The van der Waals surface area contributed by atoms with Crippen molar-refractivity contribution < 1.29 is 18.8 Å². The van der Waals surface area contributed by atoms with Gasteiger partial charge in [-0.05, 0) is 25.0 Å². The van der Waals surface area contributed by atoms with Crippen LogP contribution >= 0.6 is 11.3 Å². The number of fused-ring (bicyclic) bond motifs is 1. The maximum Gasteiger partial charge on any atom is 0.306 e. The summed E-state index contributed by atoms with van der Waals surface area (Å²) in [7, 11) is 0. The third kappa shape index (κ3) is 3.78. The van der Waals surface area contributed by atoms with Crippen LogP contribution in [0.4, 0.5) is 11.6 Å². The van der Waals surface area contributed by atoms with Crippen LogP contribution in [0.1, 0.15) is 35.1 Å². The average molecular weight is 403 g/mol. The molecule has 0 radical (unpaired) electrons. The van der Waals surface area contributed by atoms with E-state index in [-0.39, 0.29) is 11.8 Å². The van der Waals surface area contributed by atoms with Crippen LogP contribution in [0.3, 0.4) is 0 Å². The van der Waals surface area contributed by atoms with Crippen LogP contribution in [0, 0.1) is 0 Å². The van der Waals surface area contributed by atoms with Gasteiger partial charge >= 0.3 is 5.88 Å². The Kier molecular flexibility index (Phi) is 5.40. The molecule has 4 heterocycles. The summed E-state index contributed by atoms with van der Waals surface area (Å²) in [4.78, 5) is 20.1. The molecule has 1 aliphatic rings. The number of thiophene rings is 1. The Hall–Kier alpha value is -2.72. The Bertz CT molecular complexity index is 979. The van der Waals surface area contributed by atoms with Crippen LogP contribution in [0.5, 0.6) is 0 Å². The minimum absolute atomic E-state index is 0.255. The van der Waals surface area contributed by atoms with Gasteiger partial charge in [0.2, 0.25) is 5.27 Å². The molecular weight excluding hydrogens is 380 g/mol. The predicted molar refractivity (Wildman–Crippen MR) is 106 cm³/mol. The predicted octanol–water partition coefficient (Wildman–Crippen LogP) is 1.72. The molecule has 3 aromatic rings. The van der Waals surface area contributed by atoms with E-state index in [1.54, 1.807) is 11.0 Å². The number of ether oxygens (including phenoxy) is 1. The molecule has 0 aromatic carbocycles. The van der Waals surface area contributed by atoms with Crippen molar-refractivity contribution in [1.82, 2.24) is 10.3 Å². The van der Waals surface area contributed by atoms with Crippen molar-refractivity contribution >= 4 is 39.0 Å². The first-order chi connectivity index (χ1) is 13.7. The number of pyridine rings is 1. The lowest BCUT2D eigenvalue weighted by atomic mass is 10.1. The zero-order valence-electron chi connectivity index (χ0n) is 15.7. The number of nitrogens with one attached hydrogen (secondary N) is 1. The van der Waals surface area contributed by atoms with Crippen molar-refractivity contribution in [2.75, 3.05) is 42.4 Å². The molecule has 0 unspecified atom stereocenters. The zero-order chi connectivity index (χ0) is 19.5.